The lowest BCUT2D eigenvalue weighted by molar-refractivity contribution is 0.132. The zero-order valence-corrected chi connectivity index (χ0v) is 11.2. The maximum Gasteiger partial charge on any atom is 0.175 e. The fourth-order valence-electron chi connectivity index (χ4n) is 1.47. The third-order valence-electron chi connectivity index (χ3n) is 2.92. The SMILES string of the molecule is CC(C)(CO)[C@H](N)c1ccc(S(C)(=O)=O)cc1. The van der Waals surface area contributed by atoms with Crippen LogP contribution in [0.1, 0.15) is 25.5 Å². The highest BCUT2D eigenvalue weighted by Gasteiger charge is 2.27. The molecule has 0 fully saturated rings. The topological polar surface area (TPSA) is 80.4 Å². The molecule has 0 saturated carbocycles. The van der Waals surface area contributed by atoms with Gasteiger partial charge in [-0.15, -0.1) is 0 Å². The van der Waals surface area contributed by atoms with Crippen molar-refractivity contribution in [2.75, 3.05) is 12.9 Å². The van der Waals surface area contributed by atoms with E-state index in [0.29, 0.717) is 0 Å². The number of aliphatic hydroxyl groups excluding tert-OH is 1. The molecule has 1 rings (SSSR count). The predicted molar refractivity (Wildman–Crippen MR) is 67.3 cm³/mol. The van der Waals surface area contributed by atoms with Crippen molar-refractivity contribution in [2.24, 2.45) is 11.1 Å². The van der Waals surface area contributed by atoms with Gasteiger partial charge in [-0.25, -0.2) is 8.42 Å². The quantitative estimate of drug-likeness (QED) is 0.846. The first kappa shape index (κ1) is 14.2. The van der Waals surface area contributed by atoms with E-state index >= 15 is 0 Å². The average Bonchev–Trinajstić information content (AvgIpc) is 2.27. The van der Waals surface area contributed by atoms with E-state index in [1.165, 1.54) is 18.4 Å². The summed E-state index contributed by atoms with van der Waals surface area (Å²) in [5.41, 5.74) is 6.41. The Balaban J connectivity index is 3.04. The summed E-state index contributed by atoms with van der Waals surface area (Å²) in [5, 5.41) is 9.23. The first-order valence-electron chi connectivity index (χ1n) is 5.35. The van der Waals surface area contributed by atoms with E-state index in [0.717, 1.165) is 5.56 Å². The van der Waals surface area contributed by atoms with Crippen molar-refractivity contribution in [3.8, 4) is 0 Å². The molecule has 0 amide bonds. The maximum atomic E-state index is 11.3. The van der Waals surface area contributed by atoms with E-state index in [-0.39, 0.29) is 17.5 Å². The zero-order valence-electron chi connectivity index (χ0n) is 10.3. The molecule has 0 unspecified atom stereocenters. The molecule has 1 aromatic rings. The molecule has 0 aliphatic carbocycles. The Morgan fingerprint density at radius 1 is 1.29 bits per heavy atom. The normalized spacial score (nSPS) is 14.6. The van der Waals surface area contributed by atoms with Gasteiger partial charge in [0.1, 0.15) is 0 Å². The minimum atomic E-state index is -3.18. The summed E-state index contributed by atoms with van der Waals surface area (Å²) in [5.74, 6) is 0. The minimum absolute atomic E-state index is 0.0258. The molecule has 4 nitrogen and oxygen atoms in total. The van der Waals surface area contributed by atoms with E-state index < -0.39 is 15.3 Å². The van der Waals surface area contributed by atoms with Gasteiger partial charge in [-0.1, -0.05) is 26.0 Å². The Kier molecular flexibility index (Phi) is 3.96. The minimum Gasteiger partial charge on any atom is -0.396 e. The second kappa shape index (κ2) is 4.76. The lowest BCUT2D eigenvalue weighted by Gasteiger charge is -2.29. The Hall–Kier alpha value is -0.910. The Labute approximate surface area is 102 Å². The standard InChI is InChI=1S/C12H19NO3S/c1-12(2,8-14)11(13)9-4-6-10(7-5-9)17(3,15)16/h4-7,11,14H,8,13H2,1-3H3/t11-/m1/s1. The molecular weight excluding hydrogens is 238 g/mol. The van der Waals surface area contributed by atoms with Crippen molar-refractivity contribution in [1.29, 1.82) is 0 Å². The number of nitrogens with two attached hydrogens (primary N) is 1. The van der Waals surface area contributed by atoms with Crippen molar-refractivity contribution < 1.29 is 13.5 Å². The van der Waals surface area contributed by atoms with E-state index in [4.69, 9.17) is 5.73 Å². The molecule has 0 bridgehead atoms. The summed E-state index contributed by atoms with van der Waals surface area (Å²) in [4.78, 5) is 0.273. The highest BCUT2D eigenvalue weighted by molar-refractivity contribution is 7.90. The van der Waals surface area contributed by atoms with Gasteiger partial charge >= 0.3 is 0 Å². The number of rotatable bonds is 4. The third kappa shape index (κ3) is 3.28. The number of benzene rings is 1. The summed E-state index contributed by atoms with van der Waals surface area (Å²) >= 11 is 0. The highest BCUT2D eigenvalue weighted by Crippen LogP contribution is 2.30. The summed E-state index contributed by atoms with van der Waals surface area (Å²) in [6.45, 7) is 3.70. The Bertz CT molecular complexity index is 477. The highest BCUT2D eigenvalue weighted by atomic mass is 32.2. The van der Waals surface area contributed by atoms with Crippen LogP contribution in [0.4, 0.5) is 0 Å². The van der Waals surface area contributed by atoms with Crippen molar-refractivity contribution in [3.63, 3.8) is 0 Å². The lowest BCUT2D eigenvalue weighted by atomic mass is 9.82. The second-order valence-electron chi connectivity index (χ2n) is 4.97. The summed E-state index contributed by atoms with van der Waals surface area (Å²) in [6.07, 6.45) is 1.17. The number of hydrogen-bond donors (Lipinski definition) is 2. The largest absolute Gasteiger partial charge is 0.396 e. The van der Waals surface area contributed by atoms with Gasteiger partial charge < -0.3 is 10.8 Å². The first-order valence-corrected chi connectivity index (χ1v) is 7.24. The molecule has 0 aliphatic heterocycles. The van der Waals surface area contributed by atoms with Crippen LogP contribution >= 0.6 is 0 Å². The van der Waals surface area contributed by atoms with Crippen molar-refractivity contribution in [1.82, 2.24) is 0 Å². The van der Waals surface area contributed by atoms with Gasteiger partial charge in [0.25, 0.3) is 0 Å². The molecule has 0 saturated heterocycles. The van der Waals surface area contributed by atoms with Gasteiger partial charge in [-0.05, 0) is 17.7 Å². The number of sulfone groups is 1. The molecular formula is C12H19NO3S. The van der Waals surface area contributed by atoms with Crippen LogP contribution in [0.3, 0.4) is 0 Å². The van der Waals surface area contributed by atoms with Crippen LogP contribution < -0.4 is 5.73 Å². The Morgan fingerprint density at radius 3 is 2.12 bits per heavy atom. The number of hydrogen-bond acceptors (Lipinski definition) is 4. The fourth-order valence-corrected chi connectivity index (χ4v) is 2.10. The van der Waals surface area contributed by atoms with E-state index in [9.17, 15) is 13.5 Å². The van der Waals surface area contributed by atoms with Crippen LogP contribution in [-0.4, -0.2) is 26.4 Å². The van der Waals surface area contributed by atoms with Crippen molar-refractivity contribution in [2.45, 2.75) is 24.8 Å². The van der Waals surface area contributed by atoms with Crippen LogP contribution in [0.15, 0.2) is 29.2 Å². The third-order valence-corrected chi connectivity index (χ3v) is 4.05. The molecule has 0 aromatic heterocycles. The smallest absolute Gasteiger partial charge is 0.175 e. The van der Waals surface area contributed by atoms with Crippen LogP contribution in [0.25, 0.3) is 0 Å². The van der Waals surface area contributed by atoms with Crippen LogP contribution in [0.5, 0.6) is 0 Å². The summed E-state index contributed by atoms with van der Waals surface area (Å²) in [6, 6.07) is 6.13. The first-order chi connectivity index (χ1) is 7.68. The van der Waals surface area contributed by atoms with Gasteiger partial charge in [-0.2, -0.15) is 0 Å². The van der Waals surface area contributed by atoms with E-state index in [1.54, 1.807) is 12.1 Å². The molecule has 0 spiro atoms. The molecule has 17 heavy (non-hydrogen) atoms. The monoisotopic (exact) mass is 257 g/mol. The summed E-state index contributed by atoms with van der Waals surface area (Å²) < 4.78 is 22.6. The second-order valence-corrected chi connectivity index (χ2v) is 6.98. The van der Waals surface area contributed by atoms with Crippen LogP contribution in [-0.2, 0) is 9.84 Å². The molecule has 1 aromatic carbocycles. The zero-order chi connectivity index (χ0) is 13.3. The van der Waals surface area contributed by atoms with E-state index in [1.807, 2.05) is 13.8 Å². The van der Waals surface area contributed by atoms with Gasteiger partial charge in [0, 0.05) is 24.3 Å². The molecule has 1 atom stereocenters. The molecule has 0 radical (unpaired) electrons. The molecule has 0 aliphatic rings. The average molecular weight is 257 g/mol. The lowest BCUT2D eigenvalue weighted by Crippen LogP contribution is -2.32. The van der Waals surface area contributed by atoms with E-state index in [2.05, 4.69) is 0 Å². The van der Waals surface area contributed by atoms with Crippen LogP contribution in [0, 0.1) is 5.41 Å². The number of aliphatic hydroxyl groups is 1. The predicted octanol–water partition coefficient (Wildman–Crippen LogP) is 1.11. The summed E-state index contributed by atoms with van der Waals surface area (Å²) in [7, 11) is -3.18. The molecule has 0 heterocycles. The maximum absolute atomic E-state index is 11.3. The van der Waals surface area contributed by atoms with Crippen molar-refractivity contribution >= 4 is 9.84 Å². The fraction of sp³-hybridized carbons (Fsp3) is 0.500. The van der Waals surface area contributed by atoms with Gasteiger partial charge in [0.05, 0.1) is 4.90 Å². The van der Waals surface area contributed by atoms with Gasteiger partial charge in [-0.3, -0.25) is 0 Å². The molecule has 96 valence electrons. The van der Waals surface area contributed by atoms with Gasteiger partial charge in [0.15, 0.2) is 9.84 Å². The molecule has 3 N–H and O–H groups in total. The Morgan fingerprint density at radius 2 is 1.76 bits per heavy atom. The van der Waals surface area contributed by atoms with Crippen LogP contribution in [0.2, 0.25) is 0 Å². The molecule has 5 heteroatoms. The van der Waals surface area contributed by atoms with Crippen molar-refractivity contribution in [3.05, 3.63) is 29.8 Å². The van der Waals surface area contributed by atoms with Gasteiger partial charge in [0.2, 0.25) is 0 Å².